The summed E-state index contributed by atoms with van der Waals surface area (Å²) in [5, 5.41) is 2.73. The molecular weight excluding hydrogens is 287 g/mol. The second kappa shape index (κ2) is 5.75. The Morgan fingerprint density at radius 3 is 2.40 bits per heavy atom. The molecular formula is C15H13ClF3N. The zero-order valence-corrected chi connectivity index (χ0v) is 11.7. The molecule has 0 heterocycles. The van der Waals surface area contributed by atoms with Crippen LogP contribution in [0.5, 0.6) is 0 Å². The summed E-state index contributed by atoms with van der Waals surface area (Å²) in [6.45, 7) is 3.23. The smallest absolute Gasteiger partial charge is 0.152 e. The molecule has 2 aromatic rings. The molecule has 0 spiro atoms. The first kappa shape index (κ1) is 14.7. The third-order valence-corrected chi connectivity index (χ3v) is 3.40. The van der Waals surface area contributed by atoms with Crippen LogP contribution in [0.1, 0.15) is 24.1 Å². The van der Waals surface area contributed by atoms with E-state index < -0.39 is 23.5 Å². The lowest BCUT2D eigenvalue weighted by atomic mass is 10.1. The third kappa shape index (κ3) is 2.90. The lowest BCUT2D eigenvalue weighted by Gasteiger charge is -2.18. The van der Waals surface area contributed by atoms with Crippen LogP contribution in [-0.4, -0.2) is 0 Å². The molecule has 0 aliphatic heterocycles. The topological polar surface area (TPSA) is 12.0 Å². The molecule has 106 valence electrons. The molecule has 0 amide bonds. The molecule has 2 rings (SSSR count). The highest BCUT2D eigenvalue weighted by Gasteiger charge is 2.15. The molecule has 0 saturated heterocycles. The van der Waals surface area contributed by atoms with Crippen molar-refractivity contribution in [2.75, 3.05) is 5.32 Å². The number of nitrogens with one attached hydrogen (secondary N) is 1. The van der Waals surface area contributed by atoms with Gasteiger partial charge in [-0.15, -0.1) is 0 Å². The normalized spacial score (nSPS) is 12.3. The first-order chi connectivity index (χ1) is 9.40. The highest BCUT2D eigenvalue weighted by atomic mass is 35.5. The zero-order valence-electron chi connectivity index (χ0n) is 11.0. The van der Waals surface area contributed by atoms with Crippen molar-refractivity contribution in [2.45, 2.75) is 19.9 Å². The van der Waals surface area contributed by atoms with Crippen LogP contribution < -0.4 is 5.32 Å². The largest absolute Gasteiger partial charge is 0.374 e. The van der Waals surface area contributed by atoms with Gasteiger partial charge in [-0.2, -0.15) is 0 Å². The molecule has 0 aliphatic carbocycles. The summed E-state index contributed by atoms with van der Waals surface area (Å²) in [6.07, 6.45) is 0. The van der Waals surface area contributed by atoms with E-state index in [4.69, 9.17) is 11.6 Å². The lowest BCUT2D eigenvalue weighted by molar-refractivity contribution is 0.578. The van der Waals surface area contributed by atoms with Crippen molar-refractivity contribution < 1.29 is 13.2 Å². The van der Waals surface area contributed by atoms with Gasteiger partial charge < -0.3 is 5.32 Å². The first-order valence-electron chi connectivity index (χ1n) is 6.06. The maximum absolute atomic E-state index is 13.9. The molecule has 1 atom stereocenters. The van der Waals surface area contributed by atoms with Crippen LogP contribution in [0.3, 0.4) is 0 Å². The number of rotatable bonds is 3. The summed E-state index contributed by atoms with van der Waals surface area (Å²) in [7, 11) is 0. The fraction of sp³-hybridized carbons (Fsp3) is 0.200. The van der Waals surface area contributed by atoms with Gasteiger partial charge in [0.1, 0.15) is 17.3 Å². The molecule has 0 radical (unpaired) electrons. The van der Waals surface area contributed by atoms with Crippen LogP contribution >= 0.6 is 11.6 Å². The monoisotopic (exact) mass is 299 g/mol. The van der Waals surface area contributed by atoms with E-state index in [-0.39, 0.29) is 10.7 Å². The van der Waals surface area contributed by atoms with Crippen molar-refractivity contribution in [3.63, 3.8) is 0 Å². The number of hydrogen-bond donors (Lipinski definition) is 1. The fourth-order valence-corrected chi connectivity index (χ4v) is 1.99. The van der Waals surface area contributed by atoms with Crippen LogP contribution in [0, 0.1) is 24.4 Å². The third-order valence-electron chi connectivity index (χ3n) is 3.09. The summed E-state index contributed by atoms with van der Waals surface area (Å²) in [6, 6.07) is 6.35. The Morgan fingerprint density at radius 2 is 1.75 bits per heavy atom. The molecule has 0 aromatic heterocycles. The van der Waals surface area contributed by atoms with Gasteiger partial charge in [0.2, 0.25) is 0 Å². The molecule has 0 saturated carbocycles. The number of anilines is 1. The molecule has 0 bridgehead atoms. The first-order valence-corrected chi connectivity index (χ1v) is 6.44. The van der Waals surface area contributed by atoms with Crippen molar-refractivity contribution in [3.05, 3.63) is 63.9 Å². The van der Waals surface area contributed by atoms with Crippen LogP contribution in [0.4, 0.5) is 18.9 Å². The van der Waals surface area contributed by atoms with Crippen LogP contribution in [0.2, 0.25) is 5.02 Å². The van der Waals surface area contributed by atoms with Gasteiger partial charge >= 0.3 is 0 Å². The number of aryl methyl sites for hydroxylation is 1. The van der Waals surface area contributed by atoms with Gasteiger partial charge in [-0.05, 0) is 43.2 Å². The Morgan fingerprint density at radius 1 is 1.05 bits per heavy atom. The maximum atomic E-state index is 13.9. The second-order valence-electron chi connectivity index (χ2n) is 4.59. The van der Waals surface area contributed by atoms with Crippen molar-refractivity contribution in [2.24, 2.45) is 0 Å². The SMILES string of the molecule is Cc1ccc(F)c(NC(C)c2ccc(Cl)c(F)c2)c1F. The number of benzene rings is 2. The van der Waals surface area contributed by atoms with E-state index in [0.717, 1.165) is 0 Å². The summed E-state index contributed by atoms with van der Waals surface area (Å²) >= 11 is 5.60. The molecule has 0 aliphatic rings. The highest BCUT2D eigenvalue weighted by molar-refractivity contribution is 6.30. The minimum atomic E-state index is -0.686. The van der Waals surface area contributed by atoms with Crippen molar-refractivity contribution in [1.82, 2.24) is 0 Å². The molecule has 1 unspecified atom stereocenters. The summed E-state index contributed by atoms with van der Waals surface area (Å²) < 4.78 is 40.9. The van der Waals surface area contributed by atoms with Gasteiger partial charge in [0, 0.05) is 6.04 Å². The van der Waals surface area contributed by atoms with Gasteiger partial charge in [0.05, 0.1) is 5.02 Å². The van der Waals surface area contributed by atoms with E-state index in [2.05, 4.69) is 5.32 Å². The Hall–Kier alpha value is -1.68. The molecule has 1 N–H and O–H groups in total. The van der Waals surface area contributed by atoms with Crippen LogP contribution in [-0.2, 0) is 0 Å². The van der Waals surface area contributed by atoms with Gasteiger partial charge in [-0.25, -0.2) is 13.2 Å². The zero-order chi connectivity index (χ0) is 14.9. The minimum absolute atomic E-state index is 0.00821. The lowest BCUT2D eigenvalue weighted by Crippen LogP contribution is -2.10. The van der Waals surface area contributed by atoms with Crippen molar-refractivity contribution in [1.29, 1.82) is 0 Å². The quantitative estimate of drug-likeness (QED) is 0.817. The van der Waals surface area contributed by atoms with Gasteiger partial charge in [0.15, 0.2) is 5.82 Å². The van der Waals surface area contributed by atoms with E-state index in [1.165, 1.54) is 24.3 Å². The standard InChI is InChI=1S/C15H13ClF3N/c1-8-3-6-12(17)15(14(8)19)20-9(2)10-4-5-11(16)13(18)7-10/h3-7,9,20H,1-2H3. The second-order valence-corrected chi connectivity index (χ2v) is 5.00. The van der Waals surface area contributed by atoms with Crippen LogP contribution in [0.25, 0.3) is 0 Å². The van der Waals surface area contributed by atoms with Crippen LogP contribution in [0.15, 0.2) is 30.3 Å². The Balaban J connectivity index is 2.30. The van der Waals surface area contributed by atoms with Gasteiger partial charge in [0.25, 0.3) is 0 Å². The minimum Gasteiger partial charge on any atom is -0.374 e. The Kier molecular flexibility index (Phi) is 4.23. The van der Waals surface area contributed by atoms with E-state index >= 15 is 0 Å². The average Bonchev–Trinajstić information content (AvgIpc) is 2.42. The molecule has 20 heavy (non-hydrogen) atoms. The predicted molar refractivity (Wildman–Crippen MR) is 74.5 cm³/mol. The summed E-state index contributed by atoms with van der Waals surface area (Å²) in [4.78, 5) is 0. The average molecular weight is 300 g/mol. The Bertz CT molecular complexity index is 643. The molecule has 5 heteroatoms. The van der Waals surface area contributed by atoms with E-state index in [9.17, 15) is 13.2 Å². The number of hydrogen-bond acceptors (Lipinski definition) is 1. The molecule has 0 fully saturated rings. The highest BCUT2D eigenvalue weighted by Crippen LogP contribution is 2.27. The fourth-order valence-electron chi connectivity index (χ4n) is 1.87. The van der Waals surface area contributed by atoms with Crippen molar-refractivity contribution in [3.8, 4) is 0 Å². The van der Waals surface area contributed by atoms with Gasteiger partial charge in [-0.1, -0.05) is 23.7 Å². The van der Waals surface area contributed by atoms with E-state index in [1.807, 2.05) is 0 Å². The van der Waals surface area contributed by atoms with E-state index in [1.54, 1.807) is 19.9 Å². The van der Waals surface area contributed by atoms with Gasteiger partial charge in [-0.3, -0.25) is 0 Å². The maximum Gasteiger partial charge on any atom is 0.152 e. The summed E-state index contributed by atoms with van der Waals surface area (Å²) in [5.74, 6) is -1.90. The summed E-state index contributed by atoms with van der Waals surface area (Å²) in [5.41, 5.74) is 0.670. The van der Waals surface area contributed by atoms with E-state index in [0.29, 0.717) is 11.1 Å². The predicted octanol–water partition coefficient (Wildman–Crippen LogP) is 5.24. The Labute approximate surface area is 120 Å². The van der Waals surface area contributed by atoms with Crippen molar-refractivity contribution >= 4 is 17.3 Å². The number of halogens is 4. The molecule has 2 aromatic carbocycles. The molecule has 1 nitrogen and oxygen atoms in total.